The minimum Gasteiger partial charge on any atom is -0.367 e. The topological polar surface area (TPSA) is 81.0 Å². The molecule has 0 saturated heterocycles. The van der Waals surface area contributed by atoms with Gasteiger partial charge < -0.3 is 15.5 Å². The standard InChI is InChI=1S/C18H19N5O/c19-12-15-5-3-8-21-18(15)22-10-9-20-17(24)13-23-11-7-14-4-1-2-6-16(14)23/h1-6,8H,7,9-11,13H2,(H,20,24)(H,21,22). The number of nitriles is 1. The SMILES string of the molecule is N#Cc1cccnc1NCCNC(=O)CN1CCc2ccccc21. The van der Waals surface area contributed by atoms with Crippen LogP contribution in [0.4, 0.5) is 11.5 Å². The first-order valence-electron chi connectivity index (χ1n) is 7.96. The summed E-state index contributed by atoms with van der Waals surface area (Å²) in [6.07, 6.45) is 2.62. The van der Waals surface area contributed by atoms with Crippen molar-refractivity contribution in [1.82, 2.24) is 10.3 Å². The van der Waals surface area contributed by atoms with Crippen LogP contribution in [0.15, 0.2) is 42.6 Å². The average Bonchev–Trinajstić information content (AvgIpc) is 3.02. The summed E-state index contributed by atoms with van der Waals surface area (Å²) in [6.45, 7) is 2.25. The number of hydrogen-bond acceptors (Lipinski definition) is 5. The number of carbonyl (C=O) groups excluding carboxylic acids is 1. The first-order chi connectivity index (χ1) is 11.8. The molecule has 0 radical (unpaired) electrons. The van der Waals surface area contributed by atoms with Crippen LogP contribution in [0.25, 0.3) is 0 Å². The molecule has 0 spiro atoms. The van der Waals surface area contributed by atoms with Gasteiger partial charge in [0.2, 0.25) is 5.91 Å². The van der Waals surface area contributed by atoms with Crippen molar-refractivity contribution >= 4 is 17.4 Å². The molecule has 6 nitrogen and oxygen atoms in total. The second kappa shape index (κ2) is 7.47. The summed E-state index contributed by atoms with van der Waals surface area (Å²) in [4.78, 5) is 18.3. The molecule has 0 aliphatic carbocycles. The largest absolute Gasteiger partial charge is 0.367 e. The fraction of sp³-hybridized carbons (Fsp3) is 0.278. The Morgan fingerprint density at radius 3 is 3.00 bits per heavy atom. The molecule has 2 aromatic rings. The van der Waals surface area contributed by atoms with Crippen LogP contribution in [-0.2, 0) is 11.2 Å². The fourth-order valence-electron chi connectivity index (χ4n) is 2.82. The van der Waals surface area contributed by atoms with Crippen LogP contribution in [0.1, 0.15) is 11.1 Å². The molecule has 0 bridgehead atoms. The Balaban J connectivity index is 1.43. The molecule has 24 heavy (non-hydrogen) atoms. The van der Waals surface area contributed by atoms with Gasteiger partial charge in [0.25, 0.3) is 0 Å². The molecule has 1 aliphatic heterocycles. The number of rotatable bonds is 6. The molecule has 122 valence electrons. The van der Waals surface area contributed by atoms with Gasteiger partial charge in [0.15, 0.2) is 0 Å². The van der Waals surface area contributed by atoms with Gasteiger partial charge in [-0.25, -0.2) is 4.98 Å². The molecule has 0 unspecified atom stereocenters. The van der Waals surface area contributed by atoms with Crippen LogP contribution in [0.2, 0.25) is 0 Å². The van der Waals surface area contributed by atoms with E-state index >= 15 is 0 Å². The highest BCUT2D eigenvalue weighted by Crippen LogP contribution is 2.26. The van der Waals surface area contributed by atoms with E-state index in [1.807, 2.05) is 12.1 Å². The molecule has 2 heterocycles. The van der Waals surface area contributed by atoms with Crippen molar-refractivity contribution in [2.24, 2.45) is 0 Å². The van der Waals surface area contributed by atoms with E-state index in [0.717, 1.165) is 18.7 Å². The van der Waals surface area contributed by atoms with Crippen LogP contribution >= 0.6 is 0 Å². The zero-order valence-corrected chi connectivity index (χ0v) is 13.3. The third-order valence-electron chi connectivity index (χ3n) is 3.99. The molecular formula is C18H19N5O. The number of benzene rings is 1. The molecule has 3 rings (SSSR count). The molecule has 1 aliphatic rings. The lowest BCUT2D eigenvalue weighted by atomic mass is 10.2. The summed E-state index contributed by atoms with van der Waals surface area (Å²) >= 11 is 0. The predicted molar refractivity (Wildman–Crippen MR) is 92.8 cm³/mol. The third-order valence-corrected chi connectivity index (χ3v) is 3.99. The Kier molecular flexibility index (Phi) is 4.92. The molecule has 0 fully saturated rings. The number of nitrogens with zero attached hydrogens (tertiary/aromatic N) is 3. The van der Waals surface area contributed by atoms with E-state index in [0.29, 0.717) is 31.0 Å². The molecular weight excluding hydrogens is 302 g/mol. The highest BCUT2D eigenvalue weighted by atomic mass is 16.2. The van der Waals surface area contributed by atoms with Gasteiger partial charge in [-0.1, -0.05) is 18.2 Å². The third kappa shape index (κ3) is 3.63. The van der Waals surface area contributed by atoms with Crippen molar-refractivity contribution < 1.29 is 4.79 Å². The van der Waals surface area contributed by atoms with Crippen molar-refractivity contribution in [3.05, 3.63) is 53.7 Å². The minimum atomic E-state index is -0.00460. The summed E-state index contributed by atoms with van der Waals surface area (Å²) in [7, 11) is 0. The monoisotopic (exact) mass is 321 g/mol. The number of anilines is 2. The van der Waals surface area contributed by atoms with E-state index in [2.05, 4.69) is 38.7 Å². The number of aromatic nitrogens is 1. The first-order valence-corrected chi connectivity index (χ1v) is 7.96. The summed E-state index contributed by atoms with van der Waals surface area (Å²) in [5.41, 5.74) is 2.95. The molecule has 1 amide bonds. The molecule has 2 N–H and O–H groups in total. The lowest BCUT2D eigenvalue weighted by Crippen LogP contribution is -2.38. The average molecular weight is 321 g/mol. The maximum absolute atomic E-state index is 12.1. The van der Waals surface area contributed by atoms with Crippen LogP contribution in [0.3, 0.4) is 0 Å². The van der Waals surface area contributed by atoms with Crippen molar-refractivity contribution in [1.29, 1.82) is 5.26 Å². The molecule has 0 atom stereocenters. The Bertz CT molecular complexity index is 768. The van der Waals surface area contributed by atoms with Gasteiger partial charge in [0.05, 0.1) is 12.1 Å². The van der Waals surface area contributed by atoms with Crippen molar-refractivity contribution in [2.75, 3.05) is 36.4 Å². The van der Waals surface area contributed by atoms with Gasteiger partial charge in [-0.2, -0.15) is 5.26 Å². The maximum Gasteiger partial charge on any atom is 0.239 e. The van der Waals surface area contributed by atoms with Gasteiger partial charge in [0, 0.05) is 31.5 Å². The van der Waals surface area contributed by atoms with E-state index in [1.54, 1.807) is 18.3 Å². The maximum atomic E-state index is 12.1. The summed E-state index contributed by atoms with van der Waals surface area (Å²) in [6, 6.07) is 13.7. The predicted octanol–water partition coefficient (Wildman–Crippen LogP) is 1.54. The fourth-order valence-corrected chi connectivity index (χ4v) is 2.82. The molecule has 1 aromatic heterocycles. The van der Waals surface area contributed by atoms with Gasteiger partial charge in [-0.05, 0) is 30.2 Å². The van der Waals surface area contributed by atoms with Gasteiger partial charge in [-0.15, -0.1) is 0 Å². The molecule has 0 saturated carbocycles. The number of carbonyl (C=O) groups is 1. The zero-order chi connectivity index (χ0) is 16.8. The Morgan fingerprint density at radius 1 is 1.25 bits per heavy atom. The molecule has 6 heteroatoms. The number of nitrogens with one attached hydrogen (secondary N) is 2. The van der Waals surface area contributed by atoms with Crippen LogP contribution in [0, 0.1) is 11.3 Å². The number of pyridine rings is 1. The Labute approximate surface area is 141 Å². The second-order valence-electron chi connectivity index (χ2n) is 5.59. The van der Waals surface area contributed by atoms with Crippen molar-refractivity contribution in [3.63, 3.8) is 0 Å². The van der Waals surface area contributed by atoms with E-state index < -0.39 is 0 Å². The smallest absolute Gasteiger partial charge is 0.239 e. The van der Waals surface area contributed by atoms with Crippen LogP contribution < -0.4 is 15.5 Å². The molecule has 1 aromatic carbocycles. The number of fused-ring (bicyclic) bond motifs is 1. The number of hydrogen-bond donors (Lipinski definition) is 2. The number of amides is 1. The van der Waals surface area contributed by atoms with E-state index in [1.165, 1.54) is 5.56 Å². The Hall–Kier alpha value is -3.07. The van der Waals surface area contributed by atoms with E-state index in [4.69, 9.17) is 5.26 Å². The van der Waals surface area contributed by atoms with E-state index in [9.17, 15) is 4.79 Å². The summed E-state index contributed by atoms with van der Waals surface area (Å²) < 4.78 is 0. The zero-order valence-electron chi connectivity index (χ0n) is 13.3. The quantitative estimate of drug-likeness (QED) is 0.789. The van der Waals surface area contributed by atoms with Crippen molar-refractivity contribution in [2.45, 2.75) is 6.42 Å². The number of para-hydroxylation sites is 1. The summed E-state index contributed by atoms with van der Waals surface area (Å²) in [5, 5.41) is 15.0. The highest BCUT2D eigenvalue weighted by Gasteiger charge is 2.20. The highest BCUT2D eigenvalue weighted by molar-refractivity contribution is 5.82. The second-order valence-corrected chi connectivity index (χ2v) is 5.59. The van der Waals surface area contributed by atoms with Gasteiger partial charge >= 0.3 is 0 Å². The normalized spacial score (nSPS) is 12.4. The van der Waals surface area contributed by atoms with Crippen LogP contribution in [0.5, 0.6) is 0 Å². The lowest BCUT2D eigenvalue weighted by molar-refractivity contribution is -0.119. The Morgan fingerprint density at radius 2 is 2.12 bits per heavy atom. The lowest BCUT2D eigenvalue weighted by Gasteiger charge is -2.18. The van der Waals surface area contributed by atoms with Crippen molar-refractivity contribution in [3.8, 4) is 6.07 Å². The van der Waals surface area contributed by atoms with Crippen LogP contribution in [-0.4, -0.2) is 37.1 Å². The van der Waals surface area contributed by atoms with E-state index in [-0.39, 0.29) is 5.91 Å². The van der Waals surface area contributed by atoms with Gasteiger partial charge in [-0.3, -0.25) is 4.79 Å². The van der Waals surface area contributed by atoms with Gasteiger partial charge in [0.1, 0.15) is 11.9 Å². The summed E-state index contributed by atoms with van der Waals surface area (Å²) in [5.74, 6) is 0.540. The minimum absolute atomic E-state index is 0.00460. The first kappa shape index (κ1) is 15.8.